The van der Waals surface area contributed by atoms with Crippen LogP contribution in [0.3, 0.4) is 0 Å². The zero-order valence-electron chi connectivity index (χ0n) is 13.9. The Kier molecular flexibility index (Phi) is 6.07. The molecular weight excluding hydrogens is 360 g/mol. The maximum Gasteiger partial charge on any atom is 0.341 e. The molecule has 0 unspecified atom stereocenters. The molecule has 1 heterocycles. The van der Waals surface area contributed by atoms with Gasteiger partial charge in [-0.25, -0.2) is 4.79 Å². The minimum Gasteiger partial charge on any atom is -0.496 e. The number of amides is 2. The highest BCUT2D eigenvalue weighted by molar-refractivity contribution is 7.80. The van der Waals surface area contributed by atoms with Crippen LogP contribution >= 0.6 is 12.2 Å². The van der Waals surface area contributed by atoms with Crippen molar-refractivity contribution in [2.45, 2.75) is 0 Å². The summed E-state index contributed by atoms with van der Waals surface area (Å²) < 4.78 is 10.3. The summed E-state index contributed by atoms with van der Waals surface area (Å²) in [6.45, 7) is 3.22. The number of hydrogen-bond donors (Lipinski definition) is 2. The van der Waals surface area contributed by atoms with E-state index in [1.807, 2.05) is 0 Å². The fraction of sp³-hybridized carbons (Fsp3) is 0.176. The molecule has 1 fully saturated rings. The van der Waals surface area contributed by atoms with E-state index < -0.39 is 24.4 Å². The van der Waals surface area contributed by atoms with Crippen molar-refractivity contribution in [3.8, 4) is 11.5 Å². The SMILES string of the molecule is C=CCN1C(=O)/C(=C/c2ccc(OCC(=O)O)cc2OC)C(=O)NC1=S. The highest BCUT2D eigenvalue weighted by atomic mass is 32.1. The van der Waals surface area contributed by atoms with E-state index in [-0.39, 0.29) is 23.0 Å². The predicted molar refractivity (Wildman–Crippen MR) is 96.8 cm³/mol. The predicted octanol–water partition coefficient (Wildman–Crippen LogP) is 0.971. The molecule has 2 N–H and O–H groups in total. The highest BCUT2D eigenvalue weighted by Gasteiger charge is 2.32. The number of carbonyl (C=O) groups is 3. The van der Waals surface area contributed by atoms with Gasteiger partial charge in [0.15, 0.2) is 11.7 Å². The number of aliphatic carboxylic acids is 1. The summed E-state index contributed by atoms with van der Waals surface area (Å²) in [5.41, 5.74) is 0.331. The highest BCUT2D eigenvalue weighted by Crippen LogP contribution is 2.27. The summed E-state index contributed by atoms with van der Waals surface area (Å²) in [6, 6.07) is 4.52. The number of rotatable bonds is 7. The molecule has 0 atom stereocenters. The molecule has 2 amide bonds. The molecule has 1 aliphatic rings. The number of nitrogens with zero attached hydrogens (tertiary/aromatic N) is 1. The molecule has 2 rings (SSSR count). The third-order valence-corrected chi connectivity index (χ3v) is 3.69. The second-order valence-electron chi connectivity index (χ2n) is 5.11. The zero-order valence-corrected chi connectivity index (χ0v) is 14.7. The maximum absolute atomic E-state index is 12.5. The number of carbonyl (C=O) groups excluding carboxylic acids is 2. The van der Waals surface area contributed by atoms with Crippen LogP contribution in [0.15, 0.2) is 36.4 Å². The van der Waals surface area contributed by atoms with Crippen molar-refractivity contribution in [1.82, 2.24) is 10.2 Å². The average Bonchev–Trinajstić information content (AvgIpc) is 2.60. The van der Waals surface area contributed by atoms with E-state index in [1.54, 1.807) is 6.07 Å². The van der Waals surface area contributed by atoms with Crippen LogP contribution in [-0.4, -0.2) is 53.2 Å². The number of hydrogen-bond acceptors (Lipinski definition) is 6. The van der Waals surface area contributed by atoms with Gasteiger partial charge in [-0.15, -0.1) is 6.58 Å². The number of carboxylic acid groups (broad SMARTS) is 1. The van der Waals surface area contributed by atoms with Gasteiger partial charge in [0.25, 0.3) is 11.8 Å². The minimum atomic E-state index is -1.11. The lowest BCUT2D eigenvalue weighted by Gasteiger charge is -2.27. The molecule has 0 radical (unpaired) electrons. The Morgan fingerprint density at radius 1 is 1.42 bits per heavy atom. The minimum absolute atomic E-state index is 0.0152. The van der Waals surface area contributed by atoms with Crippen LogP contribution in [-0.2, 0) is 14.4 Å². The van der Waals surface area contributed by atoms with E-state index in [2.05, 4.69) is 11.9 Å². The average molecular weight is 376 g/mol. The van der Waals surface area contributed by atoms with Gasteiger partial charge in [-0.05, 0) is 30.4 Å². The number of nitrogens with one attached hydrogen (secondary N) is 1. The normalized spacial score (nSPS) is 15.7. The first-order valence-electron chi connectivity index (χ1n) is 7.39. The molecule has 0 saturated carbocycles. The molecule has 1 aliphatic heterocycles. The van der Waals surface area contributed by atoms with Gasteiger partial charge in [0.05, 0.1) is 7.11 Å². The number of carboxylic acids is 1. The largest absolute Gasteiger partial charge is 0.496 e. The van der Waals surface area contributed by atoms with Crippen molar-refractivity contribution in [3.05, 3.63) is 42.0 Å². The molecule has 26 heavy (non-hydrogen) atoms. The van der Waals surface area contributed by atoms with Crippen molar-refractivity contribution in [3.63, 3.8) is 0 Å². The molecule has 136 valence electrons. The third-order valence-electron chi connectivity index (χ3n) is 3.36. The van der Waals surface area contributed by atoms with Gasteiger partial charge >= 0.3 is 5.97 Å². The second-order valence-corrected chi connectivity index (χ2v) is 5.49. The summed E-state index contributed by atoms with van der Waals surface area (Å²) in [4.78, 5) is 36.4. The van der Waals surface area contributed by atoms with E-state index in [0.717, 1.165) is 0 Å². The summed E-state index contributed by atoms with van der Waals surface area (Å²) in [5.74, 6) is -1.69. The Bertz CT molecular complexity index is 817. The molecular formula is C17H16N2O6S. The van der Waals surface area contributed by atoms with Crippen molar-refractivity contribution in [1.29, 1.82) is 0 Å². The fourth-order valence-corrected chi connectivity index (χ4v) is 2.44. The zero-order chi connectivity index (χ0) is 19.3. The Morgan fingerprint density at radius 3 is 2.77 bits per heavy atom. The first-order chi connectivity index (χ1) is 12.4. The first-order valence-corrected chi connectivity index (χ1v) is 7.80. The van der Waals surface area contributed by atoms with E-state index in [1.165, 1.54) is 36.3 Å². The molecule has 0 aromatic heterocycles. The van der Waals surface area contributed by atoms with Crippen LogP contribution in [0.1, 0.15) is 5.56 Å². The van der Waals surface area contributed by atoms with E-state index in [4.69, 9.17) is 26.8 Å². The van der Waals surface area contributed by atoms with E-state index in [9.17, 15) is 14.4 Å². The molecule has 0 bridgehead atoms. The number of ether oxygens (including phenoxy) is 2. The third kappa shape index (κ3) is 4.25. The maximum atomic E-state index is 12.5. The molecule has 1 aromatic rings. The van der Waals surface area contributed by atoms with E-state index in [0.29, 0.717) is 11.3 Å². The van der Waals surface area contributed by atoms with Crippen LogP contribution in [0.25, 0.3) is 6.08 Å². The van der Waals surface area contributed by atoms with Crippen LogP contribution in [0.2, 0.25) is 0 Å². The molecule has 8 nitrogen and oxygen atoms in total. The van der Waals surface area contributed by atoms with Gasteiger partial charge in [-0.3, -0.25) is 19.8 Å². The molecule has 1 saturated heterocycles. The topological polar surface area (TPSA) is 105 Å². The summed E-state index contributed by atoms with van der Waals surface area (Å²) in [6.07, 6.45) is 2.86. The Balaban J connectivity index is 2.35. The number of thiocarbonyl (C=S) groups is 1. The van der Waals surface area contributed by atoms with Gasteiger partial charge in [-0.2, -0.15) is 0 Å². The van der Waals surface area contributed by atoms with Crippen molar-refractivity contribution in [2.24, 2.45) is 0 Å². The fourth-order valence-electron chi connectivity index (χ4n) is 2.19. The van der Waals surface area contributed by atoms with Crippen molar-refractivity contribution < 1.29 is 29.0 Å². The van der Waals surface area contributed by atoms with Crippen LogP contribution in [0.5, 0.6) is 11.5 Å². The lowest BCUT2D eigenvalue weighted by atomic mass is 10.1. The Hall–Kier alpha value is -3.20. The Labute approximate surface area is 154 Å². The number of benzene rings is 1. The van der Waals surface area contributed by atoms with E-state index >= 15 is 0 Å². The lowest BCUT2D eigenvalue weighted by Crippen LogP contribution is -2.53. The van der Waals surface area contributed by atoms with Gasteiger partial charge < -0.3 is 14.6 Å². The van der Waals surface area contributed by atoms with Crippen LogP contribution in [0.4, 0.5) is 0 Å². The molecule has 1 aromatic carbocycles. The van der Waals surface area contributed by atoms with Crippen LogP contribution in [0, 0.1) is 0 Å². The number of methoxy groups -OCH3 is 1. The van der Waals surface area contributed by atoms with Crippen LogP contribution < -0.4 is 14.8 Å². The van der Waals surface area contributed by atoms with Gasteiger partial charge in [0.2, 0.25) is 0 Å². The molecule has 0 spiro atoms. The van der Waals surface area contributed by atoms with Crippen molar-refractivity contribution in [2.75, 3.05) is 20.3 Å². The standard InChI is InChI=1S/C17H16N2O6S/c1-3-6-19-16(23)12(15(22)18-17(19)26)7-10-4-5-11(8-13(10)24-2)25-9-14(20)21/h3-5,7-8H,1,6,9H2,2H3,(H,20,21)(H,18,22,26)/b12-7+. The first kappa shape index (κ1) is 19.1. The lowest BCUT2D eigenvalue weighted by molar-refractivity contribution is -0.139. The smallest absolute Gasteiger partial charge is 0.341 e. The van der Waals surface area contributed by atoms with Crippen molar-refractivity contribution >= 4 is 41.2 Å². The monoisotopic (exact) mass is 376 g/mol. The van der Waals surface area contributed by atoms with Gasteiger partial charge in [0, 0.05) is 18.2 Å². The summed E-state index contributed by atoms with van der Waals surface area (Å²) >= 11 is 4.99. The molecule has 0 aliphatic carbocycles. The quantitative estimate of drug-likeness (QED) is 0.316. The van der Waals surface area contributed by atoms with Gasteiger partial charge in [0.1, 0.15) is 17.1 Å². The molecule has 9 heteroatoms. The van der Waals surface area contributed by atoms with Gasteiger partial charge in [-0.1, -0.05) is 6.08 Å². The summed E-state index contributed by atoms with van der Waals surface area (Å²) in [5, 5.41) is 11.1. The summed E-state index contributed by atoms with van der Waals surface area (Å²) in [7, 11) is 1.40. The Morgan fingerprint density at radius 2 is 2.15 bits per heavy atom. The second kappa shape index (κ2) is 8.26.